The van der Waals surface area contributed by atoms with Gasteiger partial charge >= 0.3 is 5.97 Å². The minimum absolute atomic E-state index is 0.166. The smallest absolute Gasteiger partial charge is 0.305 e. The number of rotatable bonds is 11. The quantitative estimate of drug-likeness (QED) is 0.363. The van der Waals surface area contributed by atoms with Crippen LogP contribution in [0.15, 0.2) is 0 Å². The van der Waals surface area contributed by atoms with Crippen LogP contribution in [0, 0.1) is 0 Å². The Balaban J connectivity index is 2.21. The lowest BCUT2D eigenvalue weighted by Gasteiger charge is -2.41. The number of carbonyl (C=O) groups is 2. The van der Waals surface area contributed by atoms with Crippen molar-refractivity contribution in [1.82, 2.24) is 5.32 Å². The Bertz CT molecular complexity index is 432. The van der Waals surface area contributed by atoms with Gasteiger partial charge in [-0.1, -0.05) is 25.7 Å². The minimum atomic E-state index is -1.14. The van der Waals surface area contributed by atoms with Gasteiger partial charge in [0.25, 0.3) is 0 Å². The molecule has 0 aromatic rings. The Morgan fingerprint density at radius 3 is 2.27 bits per heavy atom. The van der Waals surface area contributed by atoms with Crippen molar-refractivity contribution in [3.63, 3.8) is 0 Å². The molecule has 1 fully saturated rings. The van der Waals surface area contributed by atoms with E-state index in [0.29, 0.717) is 13.0 Å². The normalized spacial score (nSPS) is 28.6. The van der Waals surface area contributed by atoms with Crippen LogP contribution in [-0.4, -0.2) is 66.4 Å². The Labute approximate surface area is 155 Å². The molecule has 26 heavy (non-hydrogen) atoms. The summed E-state index contributed by atoms with van der Waals surface area (Å²) in [6.45, 7) is 3.44. The molecule has 0 bridgehead atoms. The molecule has 1 aliphatic heterocycles. The van der Waals surface area contributed by atoms with Crippen LogP contribution in [0.2, 0.25) is 0 Å². The van der Waals surface area contributed by atoms with Crippen molar-refractivity contribution in [3.05, 3.63) is 0 Å². The van der Waals surface area contributed by atoms with E-state index >= 15 is 0 Å². The van der Waals surface area contributed by atoms with Gasteiger partial charge in [-0.25, -0.2) is 0 Å². The minimum Gasteiger partial charge on any atom is -0.469 e. The molecule has 3 N–H and O–H groups in total. The van der Waals surface area contributed by atoms with Gasteiger partial charge in [0, 0.05) is 20.0 Å². The molecule has 1 amide bonds. The van der Waals surface area contributed by atoms with Crippen molar-refractivity contribution in [3.8, 4) is 0 Å². The summed E-state index contributed by atoms with van der Waals surface area (Å²) in [5.74, 6) is -0.485. The molecule has 1 aliphatic rings. The number of aliphatic hydroxyl groups is 2. The number of unbranched alkanes of at least 4 members (excludes halogenated alkanes) is 5. The summed E-state index contributed by atoms with van der Waals surface area (Å²) in [4.78, 5) is 22.3. The summed E-state index contributed by atoms with van der Waals surface area (Å²) in [6, 6.07) is -0.794. The van der Waals surface area contributed by atoms with E-state index in [1.165, 1.54) is 14.0 Å². The molecule has 0 unspecified atom stereocenters. The number of ether oxygens (including phenoxy) is 3. The molecule has 0 aromatic heterocycles. The van der Waals surface area contributed by atoms with E-state index in [4.69, 9.17) is 9.47 Å². The van der Waals surface area contributed by atoms with Crippen molar-refractivity contribution in [2.24, 2.45) is 0 Å². The van der Waals surface area contributed by atoms with Crippen LogP contribution in [0.3, 0.4) is 0 Å². The van der Waals surface area contributed by atoms with Crippen molar-refractivity contribution in [2.75, 3.05) is 13.7 Å². The molecule has 1 rings (SSSR count). The lowest BCUT2D eigenvalue weighted by molar-refractivity contribution is -0.260. The van der Waals surface area contributed by atoms with Crippen LogP contribution in [0.4, 0.5) is 0 Å². The van der Waals surface area contributed by atoms with Gasteiger partial charge in [-0.15, -0.1) is 0 Å². The van der Waals surface area contributed by atoms with Crippen molar-refractivity contribution in [1.29, 1.82) is 0 Å². The third-order valence-electron chi connectivity index (χ3n) is 4.50. The fourth-order valence-corrected chi connectivity index (χ4v) is 2.94. The topological polar surface area (TPSA) is 114 Å². The molecule has 8 heteroatoms. The fourth-order valence-electron chi connectivity index (χ4n) is 2.94. The van der Waals surface area contributed by atoms with Gasteiger partial charge in [0.2, 0.25) is 5.91 Å². The third-order valence-corrected chi connectivity index (χ3v) is 4.50. The van der Waals surface area contributed by atoms with Crippen molar-refractivity contribution >= 4 is 11.9 Å². The number of aliphatic hydroxyl groups excluding tert-OH is 2. The summed E-state index contributed by atoms with van der Waals surface area (Å²) >= 11 is 0. The van der Waals surface area contributed by atoms with E-state index in [1.807, 2.05) is 0 Å². The molecule has 0 spiro atoms. The zero-order valence-electron chi connectivity index (χ0n) is 16.0. The van der Waals surface area contributed by atoms with E-state index in [0.717, 1.165) is 38.5 Å². The highest BCUT2D eigenvalue weighted by Gasteiger charge is 2.43. The van der Waals surface area contributed by atoms with Gasteiger partial charge < -0.3 is 29.7 Å². The number of hydrogen-bond donors (Lipinski definition) is 3. The number of amides is 1. The standard InChI is InChI=1S/C18H33NO7/c1-12-16(22)17(23)15(19-13(2)20)18(26-12)25-11-9-7-5-4-6-8-10-14(21)24-3/h12,15-18,22-23H,4-11H2,1-3H3,(H,19,20)/t12-,15-,16+,17-,18+/m0/s1. The average molecular weight is 375 g/mol. The number of carbonyl (C=O) groups excluding carboxylic acids is 2. The highest BCUT2D eigenvalue weighted by Crippen LogP contribution is 2.22. The SMILES string of the molecule is COC(=O)CCCCCCCCO[C@@H]1O[C@@H](C)[C@@H](O)[C@@H](O)[C@@H]1NC(C)=O. The van der Waals surface area contributed by atoms with Gasteiger partial charge in [0.15, 0.2) is 6.29 Å². The van der Waals surface area contributed by atoms with Crippen LogP contribution in [0.1, 0.15) is 58.8 Å². The second kappa shape index (κ2) is 12.2. The van der Waals surface area contributed by atoms with E-state index in [9.17, 15) is 19.8 Å². The average Bonchev–Trinajstić information content (AvgIpc) is 2.60. The fraction of sp³-hybridized carbons (Fsp3) is 0.889. The number of esters is 1. The molecule has 0 aliphatic carbocycles. The van der Waals surface area contributed by atoms with Crippen LogP contribution < -0.4 is 5.32 Å². The molecular weight excluding hydrogens is 342 g/mol. The molecule has 1 heterocycles. The summed E-state index contributed by atoms with van der Waals surface area (Å²) < 4.78 is 15.9. The second-order valence-electron chi connectivity index (χ2n) is 6.74. The first-order valence-corrected chi connectivity index (χ1v) is 9.34. The van der Waals surface area contributed by atoms with E-state index in [1.54, 1.807) is 6.92 Å². The summed E-state index contributed by atoms with van der Waals surface area (Å²) in [5, 5.41) is 22.6. The molecular formula is C18H33NO7. The lowest BCUT2D eigenvalue weighted by atomic mass is 9.97. The van der Waals surface area contributed by atoms with Crippen LogP contribution >= 0.6 is 0 Å². The molecule has 5 atom stereocenters. The maximum Gasteiger partial charge on any atom is 0.305 e. The number of hydrogen-bond acceptors (Lipinski definition) is 7. The van der Waals surface area contributed by atoms with Gasteiger partial charge in [-0.3, -0.25) is 9.59 Å². The molecule has 0 radical (unpaired) electrons. The predicted octanol–water partition coefficient (Wildman–Crippen LogP) is 0.878. The van der Waals surface area contributed by atoms with E-state index in [-0.39, 0.29) is 11.9 Å². The van der Waals surface area contributed by atoms with E-state index in [2.05, 4.69) is 10.1 Å². The van der Waals surface area contributed by atoms with Gasteiger partial charge in [-0.05, 0) is 19.8 Å². The maximum absolute atomic E-state index is 11.3. The largest absolute Gasteiger partial charge is 0.469 e. The zero-order valence-corrected chi connectivity index (χ0v) is 16.0. The van der Waals surface area contributed by atoms with E-state index < -0.39 is 30.6 Å². The molecule has 0 aromatic carbocycles. The summed E-state index contributed by atoms with van der Waals surface area (Å²) in [6.07, 6.45) is 2.64. The Morgan fingerprint density at radius 1 is 1.04 bits per heavy atom. The highest BCUT2D eigenvalue weighted by atomic mass is 16.7. The highest BCUT2D eigenvalue weighted by molar-refractivity contribution is 5.73. The number of methoxy groups -OCH3 is 1. The number of nitrogens with one attached hydrogen (secondary N) is 1. The predicted molar refractivity (Wildman–Crippen MR) is 94.2 cm³/mol. The molecule has 1 saturated heterocycles. The van der Waals surface area contributed by atoms with Gasteiger partial charge in [0.1, 0.15) is 18.2 Å². The Morgan fingerprint density at radius 2 is 1.65 bits per heavy atom. The van der Waals surface area contributed by atoms with Gasteiger partial charge in [0.05, 0.1) is 13.2 Å². The van der Waals surface area contributed by atoms with Crippen LogP contribution in [0.25, 0.3) is 0 Å². The molecule has 152 valence electrons. The van der Waals surface area contributed by atoms with Crippen LogP contribution in [0.5, 0.6) is 0 Å². The van der Waals surface area contributed by atoms with Crippen molar-refractivity contribution in [2.45, 2.75) is 89.4 Å². The first kappa shape index (κ1) is 22.8. The van der Waals surface area contributed by atoms with Gasteiger partial charge in [-0.2, -0.15) is 0 Å². The first-order chi connectivity index (χ1) is 12.4. The first-order valence-electron chi connectivity index (χ1n) is 9.34. The Kier molecular flexibility index (Phi) is 10.7. The van der Waals surface area contributed by atoms with Crippen molar-refractivity contribution < 1.29 is 34.0 Å². The molecule has 0 saturated carbocycles. The Hall–Kier alpha value is -1.22. The summed E-state index contributed by atoms with van der Waals surface area (Å²) in [5.41, 5.74) is 0. The maximum atomic E-state index is 11.3. The monoisotopic (exact) mass is 375 g/mol. The lowest BCUT2D eigenvalue weighted by Crippen LogP contribution is -2.63. The second-order valence-corrected chi connectivity index (χ2v) is 6.74. The third kappa shape index (κ3) is 7.99. The summed E-state index contributed by atoms with van der Waals surface area (Å²) in [7, 11) is 1.40. The zero-order chi connectivity index (χ0) is 19.5. The molecule has 8 nitrogen and oxygen atoms in total. The van der Waals surface area contributed by atoms with Crippen LogP contribution in [-0.2, 0) is 23.8 Å².